The van der Waals surface area contributed by atoms with Crippen molar-refractivity contribution in [3.8, 4) is 0 Å². The molecule has 1 unspecified atom stereocenters. The SMILES string of the molecule is CN(C)c1cc(C2CCCN(C(=O)c3cncs3)C2)ccn1. The van der Waals surface area contributed by atoms with Crippen LogP contribution in [0.2, 0.25) is 0 Å². The smallest absolute Gasteiger partial charge is 0.265 e. The molecule has 1 aliphatic heterocycles. The lowest BCUT2D eigenvalue weighted by molar-refractivity contribution is 0.0712. The van der Waals surface area contributed by atoms with Crippen LogP contribution in [0, 0.1) is 0 Å². The molecule has 1 saturated heterocycles. The molecule has 1 aliphatic rings. The van der Waals surface area contributed by atoms with E-state index in [0.717, 1.165) is 36.6 Å². The number of likely N-dealkylation sites (tertiary alicyclic amines) is 1. The minimum absolute atomic E-state index is 0.106. The van der Waals surface area contributed by atoms with Crippen molar-refractivity contribution in [3.05, 3.63) is 40.5 Å². The van der Waals surface area contributed by atoms with E-state index in [0.29, 0.717) is 5.92 Å². The van der Waals surface area contributed by atoms with Crippen molar-refractivity contribution in [1.82, 2.24) is 14.9 Å². The summed E-state index contributed by atoms with van der Waals surface area (Å²) in [4.78, 5) is 25.5. The van der Waals surface area contributed by atoms with Crippen LogP contribution in [0.3, 0.4) is 0 Å². The van der Waals surface area contributed by atoms with Crippen molar-refractivity contribution in [2.24, 2.45) is 0 Å². The maximum Gasteiger partial charge on any atom is 0.265 e. The summed E-state index contributed by atoms with van der Waals surface area (Å²) in [6, 6.07) is 4.20. The second-order valence-electron chi connectivity index (χ2n) is 5.80. The molecule has 3 rings (SSSR count). The Morgan fingerprint density at radius 1 is 1.45 bits per heavy atom. The first kappa shape index (κ1) is 15.0. The minimum atomic E-state index is 0.106. The second kappa shape index (κ2) is 6.44. The molecule has 1 amide bonds. The number of rotatable bonds is 3. The van der Waals surface area contributed by atoms with Crippen LogP contribution < -0.4 is 4.90 Å². The summed E-state index contributed by atoms with van der Waals surface area (Å²) in [5.74, 6) is 1.45. The molecule has 5 nitrogen and oxygen atoms in total. The molecule has 2 aromatic rings. The van der Waals surface area contributed by atoms with Gasteiger partial charge in [-0.25, -0.2) is 4.98 Å². The second-order valence-corrected chi connectivity index (χ2v) is 6.68. The van der Waals surface area contributed by atoms with Gasteiger partial charge in [-0.15, -0.1) is 11.3 Å². The Hall–Kier alpha value is -1.95. The van der Waals surface area contributed by atoms with Crippen molar-refractivity contribution >= 4 is 23.1 Å². The van der Waals surface area contributed by atoms with Crippen LogP contribution in [0.5, 0.6) is 0 Å². The van der Waals surface area contributed by atoms with Crippen LogP contribution in [0.4, 0.5) is 5.82 Å². The van der Waals surface area contributed by atoms with Crippen LogP contribution in [-0.2, 0) is 0 Å². The molecule has 22 heavy (non-hydrogen) atoms. The molecule has 0 radical (unpaired) electrons. The average molecular weight is 316 g/mol. The van der Waals surface area contributed by atoms with Crippen molar-refractivity contribution < 1.29 is 4.79 Å². The third-order valence-corrected chi connectivity index (χ3v) is 4.81. The largest absolute Gasteiger partial charge is 0.363 e. The van der Waals surface area contributed by atoms with E-state index >= 15 is 0 Å². The number of thiazole rings is 1. The molecule has 0 aromatic carbocycles. The molecule has 2 aromatic heterocycles. The van der Waals surface area contributed by atoms with Gasteiger partial charge in [-0.2, -0.15) is 0 Å². The number of anilines is 1. The molecule has 0 spiro atoms. The van der Waals surface area contributed by atoms with E-state index in [1.54, 1.807) is 11.7 Å². The van der Waals surface area contributed by atoms with E-state index in [4.69, 9.17) is 0 Å². The number of nitrogens with zero attached hydrogens (tertiary/aromatic N) is 4. The number of carbonyl (C=O) groups excluding carboxylic acids is 1. The number of amides is 1. The number of hydrogen-bond acceptors (Lipinski definition) is 5. The van der Waals surface area contributed by atoms with Gasteiger partial charge >= 0.3 is 0 Å². The Balaban J connectivity index is 1.75. The predicted molar refractivity (Wildman–Crippen MR) is 88.6 cm³/mol. The first-order chi connectivity index (χ1) is 10.6. The van der Waals surface area contributed by atoms with Gasteiger partial charge in [0.15, 0.2) is 0 Å². The lowest BCUT2D eigenvalue weighted by Crippen LogP contribution is -2.38. The molecule has 0 aliphatic carbocycles. The van der Waals surface area contributed by atoms with Crippen molar-refractivity contribution in [2.75, 3.05) is 32.1 Å². The van der Waals surface area contributed by atoms with Gasteiger partial charge in [0.2, 0.25) is 0 Å². The third kappa shape index (κ3) is 3.11. The Labute approximate surface area is 134 Å². The summed E-state index contributed by atoms with van der Waals surface area (Å²) in [7, 11) is 3.99. The maximum atomic E-state index is 12.5. The minimum Gasteiger partial charge on any atom is -0.363 e. The third-order valence-electron chi connectivity index (χ3n) is 4.05. The van der Waals surface area contributed by atoms with Crippen molar-refractivity contribution in [3.63, 3.8) is 0 Å². The highest BCUT2D eigenvalue weighted by molar-refractivity contribution is 7.11. The molecule has 6 heteroatoms. The Kier molecular flexibility index (Phi) is 4.38. The molecule has 1 atom stereocenters. The lowest BCUT2D eigenvalue weighted by Gasteiger charge is -2.33. The summed E-state index contributed by atoms with van der Waals surface area (Å²) in [6.07, 6.45) is 5.67. The summed E-state index contributed by atoms with van der Waals surface area (Å²) >= 11 is 1.41. The monoisotopic (exact) mass is 316 g/mol. The summed E-state index contributed by atoms with van der Waals surface area (Å²) in [5.41, 5.74) is 2.97. The predicted octanol–water partition coefficient (Wildman–Crippen LogP) is 2.62. The molecule has 116 valence electrons. The van der Waals surface area contributed by atoms with E-state index in [-0.39, 0.29) is 5.91 Å². The zero-order valence-corrected chi connectivity index (χ0v) is 13.7. The highest BCUT2D eigenvalue weighted by Gasteiger charge is 2.26. The fraction of sp³-hybridized carbons (Fsp3) is 0.438. The van der Waals surface area contributed by atoms with Crippen LogP contribution >= 0.6 is 11.3 Å². The zero-order chi connectivity index (χ0) is 15.5. The number of hydrogen-bond donors (Lipinski definition) is 0. The van der Waals surface area contributed by atoms with Crippen molar-refractivity contribution in [2.45, 2.75) is 18.8 Å². The molecule has 1 fully saturated rings. The standard InChI is InChI=1S/C16H20N4OS/c1-19(2)15-8-12(5-6-18-15)13-4-3-7-20(10-13)16(21)14-9-17-11-22-14/h5-6,8-9,11,13H,3-4,7,10H2,1-2H3. The van der Waals surface area contributed by atoms with Gasteiger partial charge in [0.1, 0.15) is 10.7 Å². The van der Waals surface area contributed by atoms with Gasteiger partial charge in [0, 0.05) is 39.3 Å². The number of piperidine rings is 1. The molecule has 0 bridgehead atoms. The van der Waals surface area contributed by atoms with Gasteiger partial charge in [0.25, 0.3) is 5.91 Å². The van der Waals surface area contributed by atoms with Gasteiger partial charge in [0.05, 0.1) is 11.7 Å². The number of pyridine rings is 1. The van der Waals surface area contributed by atoms with Gasteiger partial charge in [-0.05, 0) is 30.5 Å². The Morgan fingerprint density at radius 3 is 3.05 bits per heavy atom. The van der Waals surface area contributed by atoms with Crippen LogP contribution in [0.15, 0.2) is 30.0 Å². The Morgan fingerprint density at radius 2 is 2.32 bits per heavy atom. The van der Waals surface area contributed by atoms with Gasteiger partial charge in [-0.1, -0.05) is 0 Å². The van der Waals surface area contributed by atoms with E-state index < -0.39 is 0 Å². The first-order valence-electron chi connectivity index (χ1n) is 7.46. The highest BCUT2D eigenvalue weighted by Crippen LogP contribution is 2.29. The van der Waals surface area contributed by atoms with E-state index in [1.807, 2.05) is 30.1 Å². The summed E-state index contributed by atoms with van der Waals surface area (Å²) in [5, 5.41) is 0. The number of carbonyl (C=O) groups is 1. The van der Waals surface area contributed by atoms with Crippen molar-refractivity contribution in [1.29, 1.82) is 0 Å². The molecule has 0 saturated carbocycles. The summed E-state index contributed by atoms with van der Waals surface area (Å²) < 4.78 is 0. The maximum absolute atomic E-state index is 12.5. The highest BCUT2D eigenvalue weighted by atomic mass is 32.1. The average Bonchev–Trinajstić information content (AvgIpc) is 3.09. The van der Waals surface area contributed by atoms with E-state index in [1.165, 1.54) is 16.9 Å². The quantitative estimate of drug-likeness (QED) is 0.873. The number of aromatic nitrogens is 2. The fourth-order valence-electron chi connectivity index (χ4n) is 2.84. The Bertz CT molecular complexity index is 641. The van der Waals surface area contributed by atoms with E-state index in [9.17, 15) is 4.79 Å². The molecular formula is C16H20N4OS. The fourth-order valence-corrected chi connectivity index (χ4v) is 3.43. The van der Waals surface area contributed by atoms with E-state index in [2.05, 4.69) is 22.1 Å². The van der Waals surface area contributed by atoms with Crippen LogP contribution in [-0.4, -0.2) is 48.0 Å². The van der Waals surface area contributed by atoms with Crippen LogP contribution in [0.25, 0.3) is 0 Å². The molecular weight excluding hydrogens is 296 g/mol. The first-order valence-corrected chi connectivity index (χ1v) is 8.34. The van der Waals surface area contributed by atoms with Gasteiger partial charge in [-0.3, -0.25) is 9.78 Å². The molecule has 0 N–H and O–H groups in total. The topological polar surface area (TPSA) is 49.3 Å². The van der Waals surface area contributed by atoms with Gasteiger partial charge < -0.3 is 9.80 Å². The normalized spacial score (nSPS) is 18.3. The zero-order valence-electron chi connectivity index (χ0n) is 12.9. The lowest BCUT2D eigenvalue weighted by atomic mass is 9.91. The van der Waals surface area contributed by atoms with Crippen LogP contribution in [0.1, 0.15) is 34.0 Å². The summed E-state index contributed by atoms with van der Waals surface area (Å²) in [6.45, 7) is 1.60. The molecule has 3 heterocycles.